The molecular weight excluding hydrogens is 342 g/mol. The van der Waals surface area contributed by atoms with Gasteiger partial charge in [-0.1, -0.05) is 0 Å². The molecule has 0 amide bonds. The van der Waals surface area contributed by atoms with Crippen molar-refractivity contribution in [2.75, 3.05) is 11.4 Å². The number of hydrogen-bond acceptors (Lipinski definition) is 6. The maximum Gasteiger partial charge on any atom is 0.266 e. The molecule has 1 unspecified atom stereocenters. The maximum atomic E-state index is 12.4. The molecule has 2 fully saturated rings. The fourth-order valence-electron chi connectivity index (χ4n) is 4.05. The van der Waals surface area contributed by atoms with Gasteiger partial charge in [-0.15, -0.1) is 0 Å². The molecule has 0 bridgehead atoms. The van der Waals surface area contributed by atoms with Gasteiger partial charge in [0.2, 0.25) is 0 Å². The van der Waals surface area contributed by atoms with Crippen LogP contribution >= 0.6 is 0 Å². The zero-order valence-corrected chi connectivity index (χ0v) is 15.7. The predicted octanol–water partition coefficient (Wildman–Crippen LogP) is 1.84. The van der Waals surface area contributed by atoms with E-state index in [-0.39, 0.29) is 11.6 Å². The van der Waals surface area contributed by atoms with Crippen LogP contribution in [0.15, 0.2) is 23.3 Å². The summed E-state index contributed by atoms with van der Waals surface area (Å²) in [6.45, 7) is 5.60. The molecular formula is C19H23N7O. The second-order valence-corrected chi connectivity index (χ2v) is 7.66. The minimum Gasteiger partial charge on any atom is -0.351 e. The largest absolute Gasteiger partial charge is 0.351 e. The van der Waals surface area contributed by atoms with E-state index < -0.39 is 0 Å². The summed E-state index contributed by atoms with van der Waals surface area (Å²) < 4.78 is 3.47. The Labute approximate surface area is 156 Å². The van der Waals surface area contributed by atoms with Gasteiger partial charge in [-0.05, 0) is 45.6 Å². The van der Waals surface area contributed by atoms with Crippen LogP contribution in [0.5, 0.6) is 0 Å². The Morgan fingerprint density at radius 3 is 2.85 bits per heavy atom. The molecule has 8 heteroatoms. The second kappa shape index (κ2) is 6.14. The highest BCUT2D eigenvalue weighted by Crippen LogP contribution is 2.38. The normalized spacial score (nSPS) is 19.9. The smallest absolute Gasteiger partial charge is 0.266 e. The summed E-state index contributed by atoms with van der Waals surface area (Å²) in [6.07, 6.45) is 6.01. The molecule has 3 aromatic rings. The first-order valence-corrected chi connectivity index (χ1v) is 9.63. The molecule has 2 aliphatic rings. The molecule has 0 N–H and O–H groups in total. The molecule has 5 rings (SSSR count). The third-order valence-corrected chi connectivity index (χ3v) is 5.79. The van der Waals surface area contributed by atoms with Crippen molar-refractivity contribution in [3.05, 3.63) is 45.8 Å². The van der Waals surface area contributed by atoms with Crippen molar-refractivity contribution in [3.8, 4) is 0 Å². The topological polar surface area (TPSA) is 81.2 Å². The minimum absolute atomic E-state index is 0.0280. The van der Waals surface area contributed by atoms with E-state index in [1.165, 1.54) is 12.8 Å². The van der Waals surface area contributed by atoms with Crippen molar-refractivity contribution in [1.29, 1.82) is 0 Å². The Hall–Kier alpha value is -2.77. The zero-order chi connectivity index (χ0) is 18.5. The average molecular weight is 365 g/mol. The SMILES string of the molecule is Cc1nc2ncnn2c(N2CCCC2Cn2nc(C3CC3)ccc2=O)c1C. The van der Waals surface area contributed by atoms with Crippen molar-refractivity contribution in [2.24, 2.45) is 0 Å². The third kappa shape index (κ3) is 2.79. The van der Waals surface area contributed by atoms with Crippen LogP contribution in [0.1, 0.15) is 48.6 Å². The van der Waals surface area contributed by atoms with Crippen LogP contribution in [0.4, 0.5) is 5.82 Å². The summed E-state index contributed by atoms with van der Waals surface area (Å²) in [5, 5.41) is 9.04. The lowest BCUT2D eigenvalue weighted by molar-refractivity contribution is 0.479. The van der Waals surface area contributed by atoms with E-state index in [0.717, 1.165) is 42.2 Å². The van der Waals surface area contributed by atoms with E-state index in [9.17, 15) is 4.79 Å². The first kappa shape index (κ1) is 16.4. The molecule has 140 valence electrons. The van der Waals surface area contributed by atoms with Crippen molar-refractivity contribution >= 4 is 11.6 Å². The van der Waals surface area contributed by atoms with Crippen molar-refractivity contribution in [1.82, 2.24) is 29.4 Å². The number of rotatable bonds is 4. The van der Waals surface area contributed by atoms with E-state index in [4.69, 9.17) is 0 Å². The number of nitrogens with zero attached hydrogens (tertiary/aromatic N) is 7. The third-order valence-electron chi connectivity index (χ3n) is 5.79. The monoisotopic (exact) mass is 365 g/mol. The van der Waals surface area contributed by atoms with Crippen LogP contribution in [-0.4, -0.2) is 41.9 Å². The lowest BCUT2D eigenvalue weighted by Gasteiger charge is -2.28. The molecule has 0 spiro atoms. The van der Waals surface area contributed by atoms with Crippen molar-refractivity contribution in [3.63, 3.8) is 0 Å². The molecule has 8 nitrogen and oxygen atoms in total. The molecule has 27 heavy (non-hydrogen) atoms. The van der Waals surface area contributed by atoms with Gasteiger partial charge in [-0.2, -0.15) is 19.7 Å². The lowest BCUT2D eigenvalue weighted by atomic mass is 10.2. The van der Waals surface area contributed by atoms with Gasteiger partial charge in [0.05, 0.1) is 18.3 Å². The Kier molecular flexibility index (Phi) is 3.73. The zero-order valence-electron chi connectivity index (χ0n) is 15.7. The molecule has 1 aliphatic carbocycles. The van der Waals surface area contributed by atoms with Crippen LogP contribution < -0.4 is 10.5 Å². The highest BCUT2D eigenvalue weighted by atomic mass is 16.1. The number of hydrogen-bond donors (Lipinski definition) is 0. The van der Waals surface area contributed by atoms with Crippen molar-refractivity contribution < 1.29 is 0 Å². The van der Waals surface area contributed by atoms with Crippen LogP contribution in [-0.2, 0) is 6.54 Å². The quantitative estimate of drug-likeness (QED) is 0.702. The summed E-state index contributed by atoms with van der Waals surface area (Å²) in [7, 11) is 0. The molecule has 0 radical (unpaired) electrons. The Morgan fingerprint density at radius 2 is 2.04 bits per heavy atom. The van der Waals surface area contributed by atoms with Gasteiger partial charge in [-0.3, -0.25) is 4.79 Å². The number of aryl methyl sites for hydroxylation is 1. The van der Waals surface area contributed by atoms with Gasteiger partial charge in [0.15, 0.2) is 0 Å². The minimum atomic E-state index is -0.0280. The summed E-state index contributed by atoms with van der Waals surface area (Å²) in [5.41, 5.74) is 3.09. The predicted molar refractivity (Wildman–Crippen MR) is 101 cm³/mol. The van der Waals surface area contributed by atoms with Crippen LogP contribution in [0.25, 0.3) is 5.78 Å². The Morgan fingerprint density at radius 1 is 1.19 bits per heavy atom. The molecule has 3 aromatic heterocycles. The highest BCUT2D eigenvalue weighted by Gasteiger charge is 2.31. The lowest BCUT2D eigenvalue weighted by Crippen LogP contribution is -2.38. The van der Waals surface area contributed by atoms with E-state index in [1.807, 2.05) is 17.5 Å². The molecule has 1 atom stereocenters. The van der Waals surface area contributed by atoms with Crippen LogP contribution in [0.2, 0.25) is 0 Å². The van der Waals surface area contributed by atoms with E-state index in [1.54, 1.807) is 17.1 Å². The fourth-order valence-corrected chi connectivity index (χ4v) is 4.05. The van der Waals surface area contributed by atoms with Gasteiger partial charge in [-0.25, -0.2) is 9.67 Å². The highest BCUT2D eigenvalue weighted by molar-refractivity contribution is 5.55. The van der Waals surface area contributed by atoms with E-state index in [2.05, 4.69) is 32.0 Å². The summed E-state index contributed by atoms with van der Waals surface area (Å²) in [5.74, 6) is 2.19. The number of fused-ring (bicyclic) bond motifs is 1. The van der Waals surface area contributed by atoms with Gasteiger partial charge < -0.3 is 4.90 Å². The molecule has 1 saturated heterocycles. The first-order chi connectivity index (χ1) is 13.1. The van der Waals surface area contributed by atoms with Gasteiger partial charge >= 0.3 is 0 Å². The van der Waals surface area contributed by atoms with Crippen LogP contribution in [0.3, 0.4) is 0 Å². The Balaban J connectivity index is 1.52. The standard InChI is InChI=1S/C19H23N7O/c1-12-13(2)22-19-20-11-21-26(19)18(12)24-9-3-4-15(24)10-25-17(27)8-7-16(23-25)14-5-6-14/h7-8,11,14-15H,3-6,9-10H2,1-2H3. The molecule has 4 heterocycles. The summed E-state index contributed by atoms with van der Waals surface area (Å²) >= 11 is 0. The van der Waals surface area contributed by atoms with E-state index in [0.29, 0.717) is 18.2 Å². The Bertz CT molecular complexity index is 1070. The summed E-state index contributed by atoms with van der Waals surface area (Å²) in [4.78, 5) is 23.5. The van der Waals surface area contributed by atoms with Gasteiger partial charge in [0.1, 0.15) is 12.1 Å². The second-order valence-electron chi connectivity index (χ2n) is 7.66. The van der Waals surface area contributed by atoms with Crippen LogP contribution in [0, 0.1) is 13.8 Å². The molecule has 1 aliphatic heterocycles. The summed E-state index contributed by atoms with van der Waals surface area (Å²) in [6, 6.07) is 3.76. The van der Waals surface area contributed by atoms with E-state index >= 15 is 0 Å². The molecule has 1 saturated carbocycles. The van der Waals surface area contributed by atoms with Gasteiger partial charge in [0.25, 0.3) is 11.3 Å². The number of aromatic nitrogens is 6. The molecule has 0 aromatic carbocycles. The average Bonchev–Trinajstić information content (AvgIpc) is 3.24. The first-order valence-electron chi connectivity index (χ1n) is 9.63. The fraction of sp³-hybridized carbons (Fsp3) is 0.526. The van der Waals surface area contributed by atoms with Crippen molar-refractivity contribution in [2.45, 2.75) is 58.0 Å². The van der Waals surface area contributed by atoms with Gasteiger partial charge in [0, 0.05) is 29.8 Å². The maximum absolute atomic E-state index is 12.4. The number of anilines is 1.